The summed E-state index contributed by atoms with van der Waals surface area (Å²) in [6.45, 7) is 0.773. The predicted octanol–water partition coefficient (Wildman–Crippen LogP) is 4.74. The first-order chi connectivity index (χ1) is 11.9. The Balaban J connectivity index is 1.97. The number of benzene rings is 1. The van der Waals surface area contributed by atoms with Crippen LogP contribution in [-0.2, 0) is 17.6 Å². The lowest BCUT2D eigenvalue weighted by Gasteiger charge is -2.20. The van der Waals surface area contributed by atoms with E-state index in [2.05, 4.69) is 18.2 Å². The van der Waals surface area contributed by atoms with Gasteiger partial charge in [-0.2, -0.15) is 5.26 Å². The molecule has 0 bridgehead atoms. The highest BCUT2D eigenvalue weighted by molar-refractivity contribution is 5.76. The molecule has 1 aromatic carbocycles. The first-order valence-corrected chi connectivity index (χ1v) is 9.01. The van der Waals surface area contributed by atoms with E-state index in [4.69, 9.17) is 9.72 Å². The van der Waals surface area contributed by atoms with E-state index in [1.54, 1.807) is 0 Å². The van der Waals surface area contributed by atoms with Gasteiger partial charge in [0.05, 0.1) is 11.3 Å². The minimum atomic E-state index is -0.0179. The first kappa shape index (κ1) is 15.4. The van der Waals surface area contributed by atoms with Crippen molar-refractivity contribution in [3.8, 4) is 17.2 Å². The second-order valence-corrected chi connectivity index (χ2v) is 6.71. The number of nitriles is 1. The van der Waals surface area contributed by atoms with Crippen LogP contribution in [0.3, 0.4) is 0 Å². The van der Waals surface area contributed by atoms with Gasteiger partial charge in [-0.3, -0.25) is 4.98 Å². The fourth-order valence-electron chi connectivity index (χ4n) is 4.00. The number of ether oxygens (including phenoxy) is 1. The zero-order valence-corrected chi connectivity index (χ0v) is 13.9. The van der Waals surface area contributed by atoms with Crippen LogP contribution in [0.15, 0.2) is 30.3 Å². The Bertz CT molecular complexity index is 771. The Kier molecular flexibility index (Phi) is 4.32. The quantitative estimate of drug-likeness (QED) is 0.751. The summed E-state index contributed by atoms with van der Waals surface area (Å²) in [6.07, 6.45) is 7.64. The molecule has 1 saturated heterocycles. The second kappa shape index (κ2) is 6.75. The van der Waals surface area contributed by atoms with Gasteiger partial charge in [0.2, 0.25) is 0 Å². The van der Waals surface area contributed by atoms with Gasteiger partial charge in [-0.25, -0.2) is 0 Å². The molecule has 0 N–H and O–H groups in total. The van der Waals surface area contributed by atoms with Gasteiger partial charge in [0, 0.05) is 17.9 Å². The average molecular weight is 318 g/mol. The van der Waals surface area contributed by atoms with Crippen molar-refractivity contribution in [3.63, 3.8) is 0 Å². The third-order valence-corrected chi connectivity index (χ3v) is 5.16. The number of aryl methyl sites for hydroxylation is 1. The summed E-state index contributed by atoms with van der Waals surface area (Å²) >= 11 is 0. The van der Waals surface area contributed by atoms with Gasteiger partial charge in [-0.15, -0.1) is 0 Å². The lowest BCUT2D eigenvalue weighted by atomic mass is 9.89. The standard InChI is InChI=1S/C21H22N2O/c22-14-17-20(15-8-3-1-4-9-15)16-10-5-2-6-11-18(16)23-21(17)19-12-7-13-24-19/h1,3-4,8-9,19H,2,5-7,10-13H2. The summed E-state index contributed by atoms with van der Waals surface area (Å²) in [6, 6.07) is 12.8. The van der Waals surface area contributed by atoms with Crippen molar-refractivity contribution in [3.05, 3.63) is 52.8 Å². The highest BCUT2D eigenvalue weighted by Gasteiger charge is 2.28. The molecule has 2 heterocycles. The summed E-state index contributed by atoms with van der Waals surface area (Å²) in [5.41, 5.74) is 6.32. The van der Waals surface area contributed by atoms with E-state index in [9.17, 15) is 5.26 Å². The second-order valence-electron chi connectivity index (χ2n) is 6.71. The molecular formula is C21H22N2O. The van der Waals surface area contributed by atoms with Crippen molar-refractivity contribution in [1.29, 1.82) is 5.26 Å². The lowest BCUT2D eigenvalue weighted by molar-refractivity contribution is 0.108. The third kappa shape index (κ3) is 2.72. The van der Waals surface area contributed by atoms with E-state index in [0.717, 1.165) is 54.7 Å². The van der Waals surface area contributed by atoms with Crippen molar-refractivity contribution < 1.29 is 4.74 Å². The summed E-state index contributed by atoms with van der Waals surface area (Å²) in [4.78, 5) is 4.96. The molecule has 1 fully saturated rings. The summed E-state index contributed by atoms with van der Waals surface area (Å²) in [5, 5.41) is 9.95. The zero-order chi connectivity index (χ0) is 16.4. The molecule has 2 aromatic rings. The Morgan fingerprint density at radius 2 is 1.88 bits per heavy atom. The SMILES string of the molecule is N#Cc1c(C2CCCO2)nc2c(c1-c1ccccc1)CCCCC2. The van der Waals surface area contributed by atoms with E-state index in [1.807, 2.05) is 18.2 Å². The number of nitrogens with zero attached hydrogens (tertiary/aromatic N) is 2. The van der Waals surface area contributed by atoms with Crippen molar-refractivity contribution in [1.82, 2.24) is 4.98 Å². The zero-order valence-electron chi connectivity index (χ0n) is 13.9. The number of rotatable bonds is 2. The van der Waals surface area contributed by atoms with E-state index in [-0.39, 0.29) is 6.10 Å². The number of pyridine rings is 1. The van der Waals surface area contributed by atoms with Gasteiger partial charge < -0.3 is 4.74 Å². The number of aromatic nitrogens is 1. The smallest absolute Gasteiger partial charge is 0.102 e. The van der Waals surface area contributed by atoms with Gasteiger partial charge >= 0.3 is 0 Å². The van der Waals surface area contributed by atoms with Crippen LogP contribution in [-0.4, -0.2) is 11.6 Å². The van der Waals surface area contributed by atoms with Gasteiger partial charge in [-0.05, 0) is 49.7 Å². The van der Waals surface area contributed by atoms with Crippen molar-refractivity contribution in [2.45, 2.75) is 51.0 Å². The van der Waals surface area contributed by atoms with E-state index in [0.29, 0.717) is 0 Å². The number of fused-ring (bicyclic) bond motifs is 1. The maximum atomic E-state index is 9.95. The minimum absolute atomic E-state index is 0.0179. The molecule has 1 aromatic heterocycles. The monoisotopic (exact) mass is 318 g/mol. The maximum Gasteiger partial charge on any atom is 0.102 e. The molecular weight excluding hydrogens is 296 g/mol. The molecule has 3 heteroatoms. The molecule has 0 saturated carbocycles. The van der Waals surface area contributed by atoms with Crippen molar-refractivity contribution in [2.75, 3.05) is 6.61 Å². The van der Waals surface area contributed by atoms with Crippen LogP contribution in [0.25, 0.3) is 11.1 Å². The van der Waals surface area contributed by atoms with Crippen LogP contribution in [0, 0.1) is 11.3 Å². The van der Waals surface area contributed by atoms with Crippen molar-refractivity contribution in [2.24, 2.45) is 0 Å². The summed E-state index contributed by atoms with van der Waals surface area (Å²) < 4.78 is 5.88. The van der Waals surface area contributed by atoms with Crippen LogP contribution < -0.4 is 0 Å². The molecule has 0 spiro atoms. The van der Waals surface area contributed by atoms with Crippen LogP contribution in [0.1, 0.15) is 60.7 Å². The van der Waals surface area contributed by atoms with Crippen LogP contribution in [0.5, 0.6) is 0 Å². The fraction of sp³-hybridized carbons (Fsp3) is 0.429. The number of hydrogen-bond donors (Lipinski definition) is 0. The lowest BCUT2D eigenvalue weighted by Crippen LogP contribution is -2.11. The molecule has 1 aliphatic heterocycles. The molecule has 3 nitrogen and oxygen atoms in total. The van der Waals surface area contributed by atoms with E-state index >= 15 is 0 Å². The molecule has 1 atom stereocenters. The normalized spacial score (nSPS) is 20.2. The molecule has 24 heavy (non-hydrogen) atoms. The Morgan fingerprint density at radius 1 is 1.04 bits per heavy atom. The van der Waals surface area contributed by atoms with Gasteiger partial charge in [0.1, 0.15) is 12.2 Å². The van der Waals surface area contributed by atoms with Gasteiger partial charge in [0.25, 0.3) is 0 Å². The van der Waals surface area contributed by atoms with Gasteiger partial charge in [-0.1, -0.05) is 36.8 Å². The first-order valence-electron chi connectivity index (χ1n) is 9.01. The maximum absolute atomic E-state index is 9.95. The molecule has 1 unspecified atom stereocenters. The topological polar surface area (TPSA) is 45.9 Å². The van der Waals surface area contributed by atoms with Gasteiger partial charge in [0.15, 0.2) is 0 Å². The minimum Gasteiger partial charge on any atom is -0.372 e. The molecule has 4 rings (SSSR count). The highest BCUT2D eigenvalue weighted by Crippen LogP contribution is 2.39. The average Bonchev–Trinajstić information content (AvgIpc) is 3.06. The van der Waals surface area contributed by atoms with Crippen LogP contribution in [0.2, 0.25) is 0 Å². The Morgan fingerprint density at radius 3 is 2.62 bits per heavy atom. The molecule has 0 amide bonds. The summed E-state index contributed by atoms with van der Waals surface area (Å²) in [7, 11) is 0. The molecule has 2 aliphatic rings. The van der Waals surface area contributed by atoms with E-state index in [1.165, 1.54) is 30.5 Å². The number of hydrogen-bond acceptors (Lipinski definition) is 3. The van der Waals surface area contributed by atoms with Crippen LogP contribution in [0.4, 0.5) is 0 Å². The van der Waals surface area contributed by atoms with E-state index < -0.39 is 0 Å². The largest absolute Gasteiger partial charge is 0.372 e. The highest BCUT2D eigenvalue weighted by atomic mass is 16.5. The van der Waals surface area contributed by atoms with Crippen LogP contribution >= 0.6 is 0 Å². The molecule has 122 valence electrons. The Hall–Kier alpha value is -2.18. The molecule has 0 radical (unpaired) electrons. The fourth-order valence-corrected chi connectivity index (χ4v) is 4.00. The Labute approximate surface area is 143 Å². The molecule has 1 aliphatic carbocycles. The predicted molar refractivity (Wildman–Crippen MR) is 93.6 cm³/mol. The summed E-state index contributed by atoms with van der Waals surface area (Å²) in [5.74, 6) is 0. The third-order valence-electron chi connectivity index (χ3n) is 5.16. The van der Waals surface area contributed by atoms with Crippen molar-refractivity contribution >= 4 is 0 Å².